The van der Waals surface area contributed by atoms with Crippen molar-refractivity contribution in [1.82, 2.24) is 10.2 Å². The Morgan fingerprint density at radius 2 is 2.16 bits per heavy atom. The number of halogens is 1. The number of benzene rings is 1. The van der Waals surface area contributed by atoms with Gasteiger partial charge in [0.25, 0.3) is 0 Å². The molecule has 0 spiro atoms. The number of rotatable bonds is 4. The number of nitrogens with one attached hydrogen (secondary N) is 1. The van der Waals surface area contributed by atoms with Crippen LogP contribution in [0, 0.1) is 5.82 Å². The smallest absolute Gasteiger partial charge is 0.123 e. The lowest BCUT2D eigenvalue weighted by Crippen LogP contribution is -2.35. The molecular weight excluding hydrogens is 239 g/mol. The molecular formula is C16H23FN2. The second-order valence-corrected chi connectivity index (χ2v) is 6.15. The van der Waals surface area contributed by atoms with Crippen LogP contribution < -0.4 is 5.32 Å². The first-order valence-electron chi connectivity index (χ1n) is 7.40. The monoisotopic (exact) mass is 262 g/mol. The average Bonchev–Trinajstić information content (AvgIpc) is 3.14. The number of hydrogen-bond acceptors (Lipinski definition) is 2. The van der Waals surface area contributed by atoms with Gasteiger partial charge < -0.3 is 5.32 Å². The summed E-state index contributed by atoms with van der Waals surface area (Å²) in [4.78, 5) is 2.63. The summed E-state index contributed by atoms with van der Waals surface area (Å²) in [5.74, 6) is -0.148. The van der Waals surface area contributed by atoms with Gasteiger partial charge in [0, 0.05) is 30.7 Å². The van der Waals surface area contributed by atoms with Crippen LogP contribution in [0.1, 0.15) is 44.7 Å². The van der Waals surface area contributed by atoms with Gasteiger partial charge in [-0.3, -0.25) is 4.90 Å². The van der Waals surface area contributed by atoms with Crippen molar-refractivity contribution in [3.8, 4) is 0 Å². The minimum atomic E-state index is -0.148. The van der Waals surface area contributed by atoms with E-state index in [1.165, 1.54) is 25.3 Å². The average molecular weight is 262 g/mol. The van der Waals surface area contributed by atoms with Crippen LogP contribution in [0.5, 0.6) is 0 Å². The molecule has 3 heteroatoms. The highest BCUT2D eigenvalue weighted by Gasteiger charge is 2.38. The maximum absolute atomic E-state index is 13.2. The lowest BCUT2D eigenvalue weighted by Gasteiger charge is -2.21. The topological polar surface area (TPSA) is 15.3 Å². The van der Waals surface area contributed by atoms with Crippen molar-refractivity contribution in [3.05, 3.63) is 35.6 Å². The van der Waals surface area contributed by atoms with Crippen LogP contribution in [0.25, 0.3) is 0 Å². The zero-order chi connectivity index (χ0) is 13.4. The van der Waals surface area contributed by atoms with Gasteiger partial charge in [-0.1, -0.05) is 12.1 Å². The fourth-order valence-electron chi connectivity index (χ4n) is 3.32. The molecule has 1 saturated heterocycles. The number of hydrogen-bond donors (Lipinski definition) is 1. The predicted octanol–water partition coefficient (Wildman–Crippen LogP) is 3.10. The van der Waals surface area contributed by atoms with Gasteiger partial charge in [-0.2, -0.15) is 0 Å². The first kappa shape index (κ1) is 13.1. The minimum absolute atomic E-state index is 0.148. The van der Waals surface area contributed by atoms with Crippen molar-refractivity contribution in [1.29, 1.82) is 0 Å². The fourth-order valence-corrected chi connectivity index (χ4v) is 3.32. The second kappa shape index (κ2) is 5.22. The van der Waals surface area contributed by atoms with Crippen molar-refractivity contribution in [2.45, 2.75) is 57.3 Å². The number of likely N-dealkylation sites (tertiary alicyclic amines) is 1. The van der Waals surface area contributed by atoms with Crippen LogP contribution in [-0.2, 0) is 0 Å². The van der Waals surface area contributed by atoms with Crippen LogP contribution in [0.2, 0.25) is 0 Å². The third-order valence-corrected chi connectivity index (χ3v) is 4.47. The third kappa shape index (κ3) is 2.98. The van der Waals surface area contributed by atoms with E-state index in [9.17, 15) is 4.39 Å². The molecule has 1 N–H and O–H groups in total. The number of nitrogens with zero attached hydrogens (tertiary/aromatic N) is 1. The molecule has 0 amide bonds. The van der Waals surface area contributed by atoms with Gasteiger partial charge in [-0.15, -0.1) is 0 Å². The van der Waals surface area contributed by atoms with Crippen molar-refractivity contribution in [2.24, 2.45) is 0 Å². The molecule has 104 valence electrons. The summed E-state index contributed by atoms with van der Waals surface area (Å²) in [6.45, 7) is 5.59. The van der Waals surface area contributed by atoms with E-state index in [1.807, 2.05) is 6.07 Å². The van der Waals surface area contributed by atoms with Gasteiger partial charge in [-0.05, 0) is 50.8 Å². The van der Waals surface area contributed by atoms with Gasteiger partial charge in [0.05, 0.1) is 0 Å². The minimum Gasteiger partial charge on any atom is -0.306 e. The molecule has 2 fully saturated rings. The van der Waals surface area contributed by atoms with E-state index in [1.54, 1.807) is 12.1 Å². The Kier molecular flexibility index (Phi) is 3.59. The summed E-state index contributed by atoms with van der Waals surface area (Å²) < 4.78 is 13.2. The summed E-state index contributed by atoms with van der Waals surface area (Å²) in [5, 5.41) is 3.66. The maximum atomic E-state index is 13.2. The van der Waals surface area contributed by atoms with E-state index < -0.39 is 0 Å². The van der Waals surface area contributed by atoms with Crippen LogP contribution in [0.3, 0.4) is 0 Å². The molecule has 0 aromatic heterocycles. The van der Waals surface area contributed by atoms with Gasteiger partial charge in [0.2, 0.25) is 0 Å². The van der Waals surface area contributed by atoms with Crippen LogP contribution in [0.15, 0.2) is 24.3 Å². The first-order valence-corrected chi connectivity index (χ1v) is 7.40. The lowest BCUT2D eigenvalue weighted by molar-refractivity contribution is 0.254. The largest absolute Gasteiger partial charge is 0.306 e. The van der Waals surface area contributed by atoms with E-state index >= 15 is 0 Å². The van der Waals surface area contributed by atoms with Gasteiger partial charge in [0.1, 0.15) is 5.82 Å². The Morgan fingerprint density at radius 3 is 2.84 bits per heavy atom. The van der Waals surface area contributed by atoms with E-state index in [2.05, 4.69) is 24.1 Å². The Morgan fingerprint density at radius 1 is 1.37 bits per heavy atom. The molecule has 0 radical (unpaired) electrons. The summed E-state index contributed by atoms with van der Waals surface area (Å²) in [5.41, 5.74) is 1.04. The quantitative estimate of drug-likeness (QED) is 0.897. The highest BCUT2D eigenvalue weighted by molar-refractivity contribution is 5.19. The van der Waals surface area contributed by atoms with Crippen LogP contribution in [0.4, 0.5) is 4.39 Å². The standard InChI is InChI=1S/C16H23FN2/c1-11-8-15(10-19(11)16-6-7-16)18-12(2)13-4-3-5-14(17)9-13/h3-5,9,11-12,15-16,18H,6-8,10H2,1-2H3. The SMILES string of the molecule is CC(NC1CC(C)N(C2CC2)C1)c1cccc(F)c1. The van der Waals surface area contributed by atoms with E-state index in [0.717, 1.165) is 18.2 Å². The Balaban J connectivity index is 1.59. The molecule has 1 aromatic rings. The predicted molar refractivity (Wildman–Crippen MR) is 75.5 cm³/mol. The summed E-state index contributed by atoms with van der Waals surface area (Å²) in [7, 11) is 0. The first-order chi connectivity index (χ1) is 9.13. The zero-order valence-electron chi connectivity index (χ0n) is 11.8. The molecule has 1 aliphatic heterocycles. The fraction of sp³-hybridized carbons (Fsp3) is 0.625. The Bertz CT molecular complexity index is 444. The van der Waals surface area contributed by atoms with Gasteiger partial charge >= 0.3 is 0 Å². The summed E-state index contributed by atoms with van der Waals surface area (Å²) >= 11 is 0. The normalized spacial score (nSPS) is 29.6. The van der Waals surface area contributed by atoms with E-state index in [0.29, 0.717) is 12.1 Å². The molecule has 2 nitrogen and oxygen atoms in total. The molecule has 3 atom stereocenters. The van der Waals surface area contributed by atoms with Crippen molar-refractivity contribution < 1.29 is 4.39 Å². The van der Waals surface area contributed by atoms with Crippen LogP contribution >= 0.6 is 0 Å². The highest BCUT2D eigenvalue weighted by Crippen LogP contribution is 2.33. The Hall–Kier alpha value is -0.930. The second-order valence-electron chi connectivity index (χ2n) is 6.15. The zero-order valence-corrected chi connectivity index (χ0v) is 11.8. The molecule has 19 heavy (non-hydrogen) atoms. The molecule has 3 unspecified atom stereocenters. The molecule has 1 aromatic carbocycles. The van der Waals surface area contributed by atoms with Crippen molar-refractivity contribution in [3.63, 3.8) is 0 Å². The highest BCUT2D eigenvalue weighted by atomic mass is 19.1. The van der Waals surface area contributed by atoms with Gasteiger partial charge in [0.15, 0.2) is 0 Å². The van der Waals surface area contributed by atoms with Gasteiger partial charge in [-0.25, -0.2) is 4.39 Å². The molecule has 1 heterocycles. The third-order valence-electron chi connectivity index (χ3n) is 4.47. The van der Waals surface area contributed by atoms with Crippen molar-refractivity contribution in [2.75, 3.05) is 6.54 Å². The van der Waals surface area contributed by atoms with Crippen LogP contribution in [-0.4, -0.2) is 29.6 Å². The van der Waals surface area contributed by atoms with E-state index in [-0.39, 0.29) is 11.9 Å². The molecule has 0 bridgehead atoms. The van der Waals surface area contributed by atoms with E-state index in [4.69, 9.17) is 0 Å². The maximum Gasteiger partial charge on any atom is 0.123 e. The molecule has 1 aliphatic carbocycles. The molecule has 3 rings (SSSR count). The lowest BCUT2D eigenvalue weighted by atomic mass is 10.1. The summed E-state index contributed by atoms with van der Waals surface area (Å²) in [6.07, 6.45) is 3.95. The molecule has 1 saturated carbocycles. The molecule has 2 aliphatic rings. The summed E-state index contributed by atoms with van der Waals surface area (Å²) in [6, 6.07) is 9.20. The Labute approximate surface area is 115 Å². The van der Waals surface area contributed by atoms with Crippen molar-refractivity contribution >= 4 is 0 Å².